The number of hydrogen-bond donors (Lipinski definition) is 2. The van der Waals surface area contributed by atoms with Crippen molar-refractivity contribution in [1.29, 1.82) is 0 Å². The summed E-state index contributed by atoms with van der Waals surface area (Å²) in [6, 6.07) is 0.394. The molecule has 1 aliphatic rings. The number of nitrogens with one attached hydrogen (secondary N) is 1. The first kappa shape index (κ1) is 16.6. The molecule has 0 aliphatic heterocycles. The van der Waals surface area contributed by atoms with Crippen LogP contribution in [0.3, 0.4) is 0 Å². The standard InChI is InChI=1S/C14H20N6O.ClH/c1-9-10-4-2-3-5-11(10)18-12(17-9)6-7-16-14-20-19-13(8-15)21-14;/h2-8,15H2,1H3,(H,16,20);1H. The molecule has 3 rings (SSSR count). The molecule has 120 valence electrons. The lowest BCUT2D eigenvalue weighted by Crippen LogP contribution is -2.14. The first-order chi connectivity index (χ1) is 10.3. The quantitative estimate of drug-likeness (QED) is 0.860. The van der Waals surface area contributed by atoms with Crippen molar-refractivity contribution < 1.29 is 4.42 Å². The van der Waals surface area contributed by atoms with Gasteiger partial charge in [-0.05, 0) is 38.2 Å². The van der Waals surface area contributed by atoms with E-state index in [4.69, 9.17) is 10.2 Å². The normalized spacial score (nSPS) is 13.4. The third-order valence-corrected chi connectivity index (χ3v) is 3.70. The topological polar surface area (TPSA) is 103 Å². The van der Waals surface area contributed by atoms with Crippen LogP contribution >= 0.6 is 12.4 Å². The van der Waals surface area contributed by atoms with Crippen LogP contribution in [0.15, 0.2) is 4.42 Å². The van der Waals surface area contributed by atoms with Crippen molar-refractivity contribution in [3.63, 3.8) is 0 Å². The Morgan fingerprint density at radius 3 is 2.77 bits per heavy atom. The Morgan fingerprint density at radius 2 is 2.00 bits per heavy atom. The maximum atomic E-state index is 5.42. The molecule has 0 saturated heterocycles. The SMILES string of the molecule is Cc1nc(CCNc2nnc(CN)o2)nc2c1CCCC2.Cl. The summed E-state index contributed by atoms with van der Waals surface area (Å²) < 4.78 is 5.29. The van der Waals surface area contributed by atoms with E-state index in [-0.39, 0.29) is 19.0 Å². The molecule has 0 radical (unpaired) electrons. The van der Waals surface area contributed by atoms with E-state index in [9.17, 15) is 0 Å². The van der Waals surface area contributed by atoms with E-state index in [0.717, 1.165) is 30.8 Å². The second-order valence-corrected chi connectivity index (χ2v) is 5.24. The average molecular weight is 325 g/mol. The first-order valence-electron chi connectivity index (χ1n) is 7.38. The largest absolute Gasteiger partial charge is 0.407 e. The number of nitrogens with zero attached hydrogens (tertiary/aromatic N) is 4. The predicted molar refractivity (Wildman–Crippen MR) is 85.0 cm³/mol. The van der Waals surface area contributed by atoms with Crippen LogP contribution in [0, 0.1) is 6.92 Å². The van der Waals surface area contributed by atoms with Crippen molar-refractivity contribution in [1.82, 2.24) is 20.2 Å². The summed E-state index contributed by atoms with van der Waals surface area (Å²) in [5.41, 5.74) is 9.12. The lowest BCUT2D eigenvalue weighted by Gasteiger charge is -2.17. The van der Waals surface area contributed by atoms with Gasteiger partial charge in [0.2, 0.25) is 5.89 Å². The van der Waals surface area contributed by atoms with Crippen LogP contribution in [0.2, 0.25) is 0 Å². The Hall–Kier alpha value is -1.73. The van der Waals surface area contributed by atoms with Gasteiger partial charge in [0.25, 0.3) is 0 Å². The van der Waals surface area contributed by atoms with Gasteiger partial charge in [0, 0.05) is 24.4 Å². The number of halogens is 1. The Kier molecular flexibility index (Phi) is 5.68. The van der Waals surface area contributed by atoms with Crippen LogP contribution < -0.4 is 11.1 Å². The summed E-state index contributed by atoms with van der Waals surface area (Å²) in [5, 5.41) is 10.7. The van der Waals surface area contributed by atoms with Gasteiger partial charge in [-0.25, -0.2) is 9.97 Å². The van der Waals surface area contributed by atoms with E-state index < -0.39 is 0 Å². The maximum Gasteiger partial charge on any atom is 0.315 e. The average Bonchev–Trinajstić information content (AvgIpc) is 2.95. The second-order valence-electron chi connectivity index (χ2n) is 5.24. The number of aryl methyl sites for hydroxylation is 2. The zero-order chi connectivity index (χ0) is 14.7. The highest BCUT2D eigenvalue weighted by Crippen LogP contribution is 2.21. The fraction of sp³-hybridized carbons (Fsp3) is 0.571. The van der Waals surface area contributed by atoms with Crippen LogP contribution in [-0.4, -0.2) is 26.7 Å². The summed E-state index contributed by atoms with van der Waals surface area (Å²) in [6.45, 7) is 2.99. The molecule has 0 aromatic carbocycles. The molecule has 0 saturated carbocycles. The van der Waals surface area contributed by atoms with E-state index >= 15 is 0 Å². The Labute approximate surface area is 135 Å². The van der Waals surface area contributed by atoms with Crippen molar-refractivity contribution in [2.24, 2.45) is 5.73 Å². The molecule has 0 atom stereocenters. The number of aromatic nitrogens is 4. The highest BCUT2D eigenvalue weighted by atomic mass is 35.5. The van der Waals surface area contributed by atoms with Gasteiger partial charge in [-0.2, -0.15) is 0 Å². The summed E-state index contributed by atoms with van der Waals surface area (Å²) >= 11 is 0. The molecule has 3 N–H and O–H groups in total. The third-order valence-electron chi connectivity index (χ3n) is 3.70. The molecule has 0 bridgehead atoms. The van der Waals surface area contributed by atoms with Crippen LogP contribution in [0.1, 0.15) is 41.5 Å². The molecule has 7 nitrogen and oxygen atoms in total. The third kappa shape index (κ3) is 3.72. The van der Waals surface area contributed by atoms with Gasteiger partial charge in [0.1, 0.15) is 5.82 Å². The second kappa shape index (κ2) is 7.51. The van der Waals surface area contributed by atoms with Gasteiger partial charge in [-0.3, -0.25) is 0 Å². The Morgan fingerprint density at radius 1 is 1.18 bits per heavy atom. The van der Waals surface area contributed by atoms with Crippen molar-refractivity contribution in [2.45, 2.75) is 45.6 Å². The minimum absolute atomic E-state index is 0. The number of anilines is 1. The molecule has 0 amide bonds. The summed E-state index contributed by atoms with van der Waals surface area (Å²) in [7, 11) is 0. The molecule has 0 fully saturated rings. The summed E-state index contributed by atoms with van der Waals surface area (Å²) in [5.74, 6) is 1.30. The van der Waals surface area contributed by atoms with Crippen LogP contribution in [-0.2, 0) is 25.8 Å². The molecule has 0 spiro atoms. The molecule has 2 aromatic rings. The number of hydrogen-bond acceptors (Lipinski definition) is 7. The molecule has 2 aromatic heterocycles. The lowest BCUT2D eigenvalue weighted by atomic mass is 9.95. The zero-order valence-corrected chi connectivity index (χ0v) is 13.4. The zero-order valence-electron chi connectivity index (χ0n) is 12.6. The van der Waals surface area contributed by atoms with Crippen molar-refractivity contribution in [2.75, 3.05) is 11.9 Å². The Balaban J connectivity index is 0.00000176. The molecular formula is C14H21ClN6O. The van der Waals surface area contributed by atoms with E-state index in [2.05, 4.69) is 32.4 Å². The number of fused-ring (bicyclic) bond motifs is 1. The molecule has 1 aliphatic carbocycles. The molecule has 2 heterocycles. The van der Waals surface area contributed by atoms with E-state index in [1.165, 1.54) is 24.1 Å². The lowest BCUT2D eigenvalue weighted by molar-refractivity contribution is 0.507. The number of rotatable bonds is 5. The van der Waals surface area contributed by atoms with E-state index in [1.54, 1.807) is 0 Å². The maximum absolute atomic E-state index is 5.42. The fourth-order valence-corrected chi connectivity index (χ4v) is 2.64. The highest BCUT2D eigenvalue weighted by molar-refractivity contribution is 5.85. The smallest absolute Gasteiger partial charge is 0.315 e. The minimum Gasteiger partial charge on any atom is -0.407 e. The number of nitrogens with two attached hydrogens (primary N) is 1. The Bertz CT molecular complexity index is 630. The summed E-state index contributed by atoms with van der Waals surface area (Å²) in [4.78, 5) is 9.29. The van der Waals surface area contributed by atoms with E-state index in [0.29, 0.717) is 18.5 Å². The minimum atomic E-state index is 0. The van der Waals surface area contributed by atoms with Gasteiger partial charge in [0.05, 0.1) is 6.54 Å². The van der Waals surface area contributed by atoms with E-state index in [1.807, 2.05) is 0 Å². The van der Waals surface area contributed by atoms with Gasteiger partial charge in [-0.15, -0.1) is 17.5 Å². The van der Waals surface area contributed by atoms with Gasteiger partial charge >= 0.3 is 6.01 Å². The summed E-state index contributed by atoms with van der Waals surface area (Å²) in [6.07, 6.45) is 5.39. The first-order valence-corrected chi connectivity index (χ1v) is 7.38. The fourth-order valence-electron chi connectivity index (χ4n) is 2.64. The van der Waals surface area contributed by atoms with Crippen molar-refractivity contribution in [3.05, 3.63) is 28.7 Å². The van der Waals surface area contributed by atoms with Crippen LogP contribution in [0.25, 0.3) is 0 Å². The van der Waals surface area contributed by atoms with Crippen molar-refractivity contribution in [3.8, 4) is 0 Å². The molecule has 0 unspecified atom stereocenters. The van der Waals surface area contributed by atoms with Gasteiger partial charge in [-0.1, -0.05) is 5.10 Å². The van der Waals surface area contributed by atoms with Crippen molar-refractivity contribution >= 4 is 18.4 Å². The molecule has 22 heavy (non-hydrogen) atoms. The monoisotopic (exact) mass is 324 g/mol. The van der Waals surface area contributed by atoms with Crippen LogP contribution in [0.5, 0.6) is 0 Å². The molecular weight excluding hydrogens is 304 g/mol. The predicted octanol–water partition coefficient (Wildman–Crippen LogP) is 1.58. The molecule has 8 heteroatoms. The highest BCUT2D eigenvalue weighted by Gasteiger charge is 2.15. The van der Waals surface area contributed by atoms with Gasteiger partial charge in [0.15, 0.2) is 0 Å². The van der Waals surface area contributed by atoms with Gasteiger partial charge < -0.3 is 15.5 Å². The van der Waals surface area contributed by atoms with Crippen LogP contribution in [0.4, 0.5) is 6.01 Å².